The number of nitrogens with zero attached hydrogens (tertiary/aromatic N) is 2. The predicted molar refractivity (Wildman–Crippen MR) is 61.4 cm³/mol. The monoisotopic (exact) mass is 218 g/mol. The number of hydrogen-bond donors (Lipinski definition) is 0. The lowest BCUT2D eigenvalue weighted by Gasteiger charge is -1.96. The molecule has 2 rings (SSSR count). The smallest absolute Gasteiger partial charge is 0.214 e. The van der Waals surface area contributed by atoms with Crippen molar-refractivity contribution in [3.05, 3.63) is 42.0 Å². The standard InChI is InChI=1S/C11H10N2OS/c1-15-10-4-2-3-9(7-10)5-6-11-12-8-14-13-11/h2-8H,1H3. The molecule has 1 aromatic carbocycles. The van der Waals surface area contributed by atoms with Crippen molar-refractivity contribution in [3.8, 4) is 0 Å². The third kappa shape index (κ3) is 2.70. The summed E-state index contributed by atoms with van der Waals surface area (Å²) in [6, 6.07) is 8.26. The molecule has 2 aromatic rings. The molecular weight excluding hydrogens is 208 g/mol. The highest BCUT2D eigenvalue weighted by atomic mass is 32.2. The van der Waals surface area contributed by atoms with Gasteiger partial charge in [0.15, 0.2) is 5.82 Å². The van der Waals surface area contributed by atoms with Crippen molar-refractivity contribution in [2.45, 2.75) is 4.90 Å². The highest BCUT2D eigenvalue weighted by Gasteiger charge is 1.93. The van der Waals surface area contributed by atoms with E-state index in [1.165, 1.54) is 11.3 Å². The van der Waals surface area contributed by atoms with Crippen LogP contribution in [0.4, 0.5) is 0 Å². The number of thioether (sulfide) groups is 1. The van der Waals surface area contributed by atoms with Crippen LogP contribution in [0.1, 0.15) is 11.4 Å². The Labute approximate surface area is 92.2 Å². The third-order valence-corrected chi connectivity index (χ3v) is 2.62. The van der Waals surface area contributed by atoms with Crippen LogP contribution in [0, 0.1) is 0 Å². The molecule has 0 unspecified atom stereocenters. The summed E-state index contributed by atoms with van der Waals surface area (Å²) in [7, 11) is 0. The maximum absolute atomic E-state index is 4.63. The van der Waals surface area contributed by atoms with E-state index in [-0.39, 0.29) is 0 Å². The van der Waals surface area contributed by atoms with Gasteiger partial charge < -0.3 is 4.52 Å². The van der Waals surface area contributed by atoms with Gasteiger partial charge in [0.05, 0.1) is 0 Å². The van der Waals surface area contributed by atoms with E-state index in [0.29, 0.717) is 5.82 Å². The van der Waals surface area contributed by atoms with Crippen LogP contribution in [0.3, 0.4) is 0 Å². The predicted octanol–water partition coefficient (Wildman–Crippen LogP) is 2.96. The third-order valence-electron chi connectivity index (χ3n) is 1.90. The molecule has 3 nitrogen and oxygen atoms in total. The van der Waals surface area contributed by atoms with Crippen molar-refractivity contribution in [3.63, 3.8) is 0 Å². The van der Waals surface area contributed by atoms with E-state index in [0.717, 1.165) is 5.56 Å². The molecule has 0 amide bonds. The first kappa shape index (κ1) is 9.98. The first-order valence-electron chi connectivity index (χ1n) is 4.47. The topological polar surface area (TPSA) is 38.9 Å². The van der Waals surface area contributed by atoms with Crippen LogP contribution in [-0.2, 0) is 0 Å². The average molecular weight is 218 g/mol. The number of rotatable bonds is 3. The van der Waals surface area contributed by atoms with Crippen molar-refractivity contribution >= 4 is 23.9 Å². The molecule has 0 spiro atoms. The summed E-state index contributed by atoms with van der Waals surface area (Å²) in [6.45, 7) is 0. The fraction of sp³-hybridized carbons (Fsp3) is 0.0909. The highest BCUT2D eigenvalue weighted by molar-refractivity contribution is 7.98. The summed E-state index contributed by atoms with van der Waals surface area (Å²) in [5.41, 5.74) is 1.13. The zero-order valence-electron chi connectivity index (χ0n) is 8.25. The molecule has 1 heterocycles. The maximum Gasteiger partial charge on any atom is 0.214 e. The van der Waals surface area contributed by atoms with Crippen molar-refractivity contribution < 1.29 is 4.52 Å². The molecule has 0 saturated heterocycles. The average Bonchev–Trinajstić information content (AvgIpc) is 2.79. The number of aromatic nitrogens is 2. The lowest BCUT2D eigenvalue weighted by molar-refractivity contribution is 0.415. The van der Waals surface area contributed by atoms with Crippen molar-refractivity contribution in [1.82, 2.24) is 10.1 Å². The van der Waals surface area contributed by atoms with Gasteiger partial charge >= 0.3 is 0 Å². The van der Waals surface area contributed by atoms with Gasteiger partial charge in [0.2, 0.25) is 6.39 Å². The summed E-state index contributed by atoms with van der Waals surface area (Å²) in [4.78, 5) is 5.15. The first-order valence-corrected chi connectivity index (χ1v) is 5.69. The van der Waals surface area contributed by atoms with Gasteiger partial charge in [-0.2, -0.15) is 4.98 Å². The highest BCUT2D eigenvalue weighted by Crippen LogP contribution is 2.17. The number of hydrogen-bond acceptors (Lipinski definition) is 4. The maximum atomic E-state index is 4.63. The molecule has 1 aromatic heterocycles. The second-order valence-corrected chi connectivity index (χ2v) is 3.78. The van der Waals surface area contributed by atoms with Crippen LogP contribution >= 0.6 is 11.8 Å². The van der Waals surface area contributed by atoms with Crippen LogP contribution in [0.2, 0.25) is 0 Å². The van der Waals surface area contributed by atoms with E-state index in [1.807, 2.05) is 24.3 Å². The van der Waals surface area contributed by atoms with Crippen LogP contribution in [0.25, 0.3) is 12.2 Å². The molecule has 15 heavy (non-hydrogen) atoms. The Morgan fingerprint density at radius 2 is 2.27 bits per heavy atom. The number of benzene rings is 1. The van der Waals surface area contributed by atoms with Crippen molar-refractivity contribution in [2.24, 2.45) is 0 Å². The van der Waals surface area contributed by atoms with Gasteiger partial charge in [0, 0.05) is 4.90 Å². The van der Waals surface area contributed by atoms with Gasteiger partial charge in [0.25, 0.3) is 0 Å². The molecule has 0 aliphatic rings. The van der Waals surface area contributed by atoms with Gasteiger partial charge in [-0.05, 0) is 30.0 Å². The van der Waals surface area contributed by atoms with Crippen LogP contribution in [0.5, 0.6) is 0 Å². The van der Waals surface area contributed by atoms with Crippen LogP contribution in [0.15, 0.2) is 40.1 Å². The molecule has 0 fully saturated rings. The van der Waals surface area contributed by atoms with Gasteiger partial charge in [-0.15, -0.1) is 11.8 Å². The molecule has 0 aliphatic carbocycles. The lowest BCUT2D eigenvalue weighted by atomic mass is 10.2. The second-order valence-electron chi connectivity index (χ2n) is 2.90. The quantitative estimate of drug-likeness (QED) is 0.742. The molecular formula is C11H10N2OS. The molecule has 0 bridgehead atoms. The molecule has 0 N–H and O–H groups in total. The summed E-state index contributed by atoms with van der Waals surface area (Å²) < 4.78 is 4.63. The molecule has 76 valence electrons. The van der Waals surface area contributed by atoms with Gasteiger partial charge in [-0.3, -0.25) is 0 Å². The van der Waals surface area contributed by atoms with E-state index in [9.17, 15) is 0 Å². The van der Waals surface area contributed by atoms with E-state index in [1.54, 1.807) is 11.8 Å². The fourth-order valence-corrected chi connectivity index (χ4v) is 1.64. The summed E-state index contributed by atoms with van der Waals surface area (Å²) in [5, 5.41) is 3.70. The van der Waals surface area contributed by atoms with Gasteiger partial charge in [0.1, 0.15) is 0 Å². The van der Waals surface area contributed by atoms with E-state index >= 15 is 0 Å². The Kier molecular flexibility index (Phi) is 3.19. The molecule has 4 heteroatoms. The SMILES string of the molecule is CSc1cccc(C=Cc2ncon2)c1. The zero-order valence-corrected chi connectivity index (χ0v) is 9.07. The van der Waals surface area contributed by atoms with Gasteiger partial charge in [-0.1, -0.05) is 23.4 Å². The Hall–Kier alpha value is -1.55. The zero-order chi connectivity index (χ0) is 10.5. The summed E-state index contributed by atoms with van der Waals surface area (Å²) >= 11 is 1.72. The van der Waals surface area contributed by atoms with E-state index < -0.39 is 0 Å². The second kappa shape index (κ2) is 4.79. The first-order chi connectivity index (χ1) is 7.38. The molecule has 0 aliphatic heterocycles. The Morgan fingerprint density at radius 3 is 3.00 bits per heavy atom. The summed E-state index contributed by atoms with van der Waals surface area (Å²) in [5.74, 6) is 0.588. The lowest BCUT2D eigenvalue weighted by Crippen LogP contribution is -1.76. The summed E-state index contributed by atoms with van der Waals surface area (Å²) in [6.07, 6.45) is 7.16. The Bertz CT molecular complexity index is 451. The Balaban J connectivity index is 2.17. The van der Waals surface area contributed by atoms with Crippen molar-refractivity contribution in [1.29, 1.82) is 0 Å². The van der Waals surface area contributed by atoms with Crippen molar-refractivity contribution in [2.75, 3.05) is 6.26 Å². The minimum absolute atomic E-state index is 0.588. The molecule has 0 radical (unpaired) electrons. The van der Waals surface area contributed by atoms with E-state index in [2.05, 4.69) is 33.1 Å². The normalized spacial score (nSPS) is 11.0. The largest absolute Gasteiger partial charge is 0.342 e. The fourth-order valence-electron chi connectivity index (χ4n) is 1.17. The molecule has 0 atom stereocenters. The van der Waals surface area contributed by atoms with Gasteiger partial charge in [-0.25, -0.2) is 0 Å². The van der Waals surface area contributed by atoms with Crippen LogP contribution in [-0.4, -0.2) is 16.4 Å². The Morgan fingerprint density at radius 1 is 1.33 bits per heavy atom. The van der Waals surface area contributed by atoms with E-state index in [4.69, 9.17) is 0 Å². The molecule has 0 saturated carbocycles. The minimum Gasteiger partial charge on any atom is -0.342 e. The minimum atomic E-state index is 0.588. The van der Waals surface area contributed by atoms with Crippen LogP contribution < -0.4 is 0 Å².